The first kappa shape index (κ1) is 14.5. The molecular weight excluding hydrogens is 284 g/mol. The zero-order valence-corrected chi connectivity index (χ0v) is 11.4. The number of nitrogens with one attached hydrogen (secondary N) is 1. The van der Waals surface area contributed by atoms with Crippen LogP contribution in [0.4, 0.5) is 8.78 Å². The maximum absolute atomic E-state index is 13.1. The highest BCUT2D eigenvalue weighted by Crippen LogP contribution is 2.19. The molecule has 0 unspecified atom stereocenters. The molecule has 2 aromatic carbocycles. The molecule has 0 radical (unpaired) electrons. The van der Waals surface area contributed by atoms with Crippen LogP contribution in [0.2, 0.25) is 5.02 Å². The number of carbonyl (C=O) groups excluding carboxylic acids is 1. The molecule has 5 heteroatoms. The summed E-state index contributed by atoms with van der Waals surface area (Å²) in [4.78, 5) is 12.0. The maximum atomic E-state index is 13.1. The molecule has 1 atom stereocenters. The topological polar surface area (TPSA) is 29.1 Å². The van der Waals surface area contributed by atoms with Crippen LogP contribution in [-0.4, -0.2) is 5.91 Å². The molecule has 0 heterocycles. The summed E-state index contributed by atoms with van der Waals surface area (Å²) in [6.07, 6.45) is 0. The minimum Gasteiger partial charge on any atom is -0.345 e. The molecule has 20 heavy (non-hydrogen) atoms. The minimum absolute atomic E-state index is 0.0700. The molecule has 0 aliphatic carbocycles. The van der Waals surface area contributed by atoms with Crippen LogP contribution in [0.1, 0.15) is 28.9 Å². The van der Waals surface area contributed by atoms with E-state index in [1.54, 1.807) is 19.1 Å². The van der Waals surface area contributed by atoms with Crippen LogP contribution in [-0.2, 0) is 0 Å². The number of carbonyl (C=O) groups is 1. The number of rotatable bonds is 3. The van der Waals surface area contributed by atoms with Gasteiger partial charge in [-0.15, -0.1) is 0 Å². The molecule has 1 amide bonds. The van der Waals surface area contributed by atoms with Gasteiger partial charge in [0.25, 0.3) is 5.91 Å². The Bertz CT molecular complexity index is 628. The van der Waals surface area contributed by atoms with E-state index >= 15 is 0 Å². The van der Waals surface area contributed by atoms with E-state index in [1.807, 2.05) is 0 Å². The standard InChI is InChI=1S/C15H12ClF2NO/c1-9(10-2-4-11(17)5-3-10)19-15(20)13-8-12(18)6-7-14(13)16/h2-9H,1H3,(H,19,20)/t9-/m1/s1. The molecule has 1 N–H and O–H groups in total. The molecule has 0 fully saturated rings. The third-order valence-electron chi connectivity index (χ3n) is 2.89. The largest absolute Gasteiger partial charge is 0.345 e. The summed E-state index contributed by atoms with van der Waals surface area (Å²) < 4.78 is 26.0. The van der Waals surface area contributed by atoms with Crippen molar-refractivity contribution in [2.75, 3.05) is 0 Å². The highest BCUT2D eigenvalue weighted by molar-refractivity contribution is 6.33. The van der Waals surface area contributed by atoms with Gasteiger partial charge in [-0.05, 0) is 42.8 Å². The lowest BCUT2D eigenvalue weighted by Gasteiger charge is -2.15. The van der Waals surface area contributed by atoms with Gasteiger partial charge in [-0.2, -0.15) is 0 Å². The molecule has 0 aromatic heterocycles. The number of halogens is 3. The second-order valence-corrected chi connectivity index (χ2v) is 4.78. The fourth-order valence-electron chi connectivity index (χ4n) is 1.78. The van der Waals surface area contributed by atoms with Gasteiger partial charge in [0, 0.05) is 0 Å². The fraction of sp³-hybridized carbons (Fsp3) is 0.133. The predicted octanol–water partition coefficient (Wildman–Crippen LogP) is 4.11. The van der Waals surface area contributed by atoms with Crippen molar-refractivity contribution < 1.29 is 13.6 Å². The Morgan fingerprint density at radius 2 is 1.70 bits per heavy atom. The Balaban J connectivity index is 2.15. The molecule has 0 bridgehead atoms. The third kappa shape index (κ3) is 3.33. The molecule has 0 aliphatic heterocycles. The van der Waals surface area contributed by atoms with Gasteiger partial charge >= 0.3 is 0 Å². The lowest BCUT2D eigenvalue weighted by Crippen LogP contribution is -2.27. The van der Waals surface area contributed by atoms with Crippen molar-refractivity contribution in [3.05, 3.63) is 70.2 Å². The monoisotopic (exact) mass is 295 g/mol. The number of amides is 1. The van der Waals surface area contributed by atoms with E-state index in [-0.39, 0.29) is 22.4 Å². The normalized spacial score (nSPS) is 12.0. The van der Waals surface area contributed by atoms with Crippen molar-refractivity contribution in [1.29, 1.82) is 0 Å². The molecule has 104 valence electrons. The van der Waals surface area contributed by atoms with E-state index < -0.39 is 11.7 Å². The number of hydrogen-bond acceptors (Lipinski definition) is 1. The van der Waals surface area contributed by atoms with Gasteiger partial charge in [0.05, 0.1) is 16.6 Å². The first-order valence-corrected chi connectivity index (χ1v) is 6.36. The zero-order valence-electron chi connectivity index (χ0n) is 10.7. The van der Waals surface area contributed by atoms with Crippen molar-refractivity contribution in [2.24, 2.45) is 0 Å². The van der Waals surface area contributed by atoms with Crippen LogP contribution in [0.25, 0.3) is 0 Å². The lowest BCUT2D eigenvalue weighted by molar-refractivity contribution is 0.0939. The van der Waals surface area contributed by atoms with E-state index in [4.69, 9.17) is 11.6 Å². The number of hydrogen-bond donors (Lipinski definition) is 1. The highest BCUT2D eigenvalue weighted by atomic mass is 35.5. The van der Waals surface area contributed by atoms with E-state index in [2.05, 4.69) is 5.32 Å². The predicted molar refractivity (Wildman–Crippen MR) is 73.7 cm³/mol. The fourth-order valence-corrected chi connectivity index (χ4v) is 1.98. The Kier molecular flexibility index (Phi) is 4.35. The van der Waals surface area contributed by atoms with Crippen molar-refractivity contribution in [3.63, 3.8) is 0 Å². The molecule has 0 saturated carbocycles. The van der Waals surface area contributed by atoms with Crippen LogP contribution in [0.3, 0.4) is 0 Å². The smallest absolute Gasteiger partial charge is 0.253 e. The second kappa shape index (κ2) is 6.01. The summed E-state index contributed by atoms with van der Waals surface area (Å²) in [5, 5.41) is 2.86. The summed E-state index contributed by atoms with van der Waals surface area (Å²) in [6.45, 7) is 1.75. The average Bonchev–Trinajstić information content (AvgIpc) is 2.42. The van der Waals surface area contributed by atoms with E-state index in [9.17, 15) is 13.6 Å². The van der Waals surface area contributed by atoms with Gasteiger partial charge in [0.2, 0.25) is 0 Å². The Morgan fingerprint density at radius 3 is 2.35 bits per heavy atom. The molecule has 0 aliphatic rings. The van der Waals surface area contributed by atoms with Crippen LogP contribution in [0.5, 0.6) is 0 Å². The zero-order chi connectivity index (χ0) is 14.7. The van der Waals surface area contributed by atoms with Crippen molar-refractivity contribution in [2.45, 2.75) is 13.0 Å². The molecule has 0 spiro atoms. The van der Waals surface area contributed by atoms with Crippen LogP contribution >= 0.6 is 11.6 Å². The highest BCUT2D eigenvalue weighted by Gasteiger charge is 2.15. The minimum atomic E-state index is -0.533. The average molecular weight is 296 g/mol. The van der Waals surface area contributed by atoms with E-state index in [0.717, 1.165) is 11.6 Å². The lowest BCUT2D eigenvalue weighted by atomic mass is 10.1. The summed E-state index contributed by atoms with van der Waals surface area (Å²) >= 11 is 5.86. The van der Waals surface area contributed by atoms with Crippen LogP contribution in [0, 0.1) is 11.6 Å². The first-order valence-electron chi connectivity index (χ1n) is 5.99. The van der Waals surface area contributed by atoms with Gasteiger partial charge in [-0.1, -0.05) is 23.7 Å². The van der Waals surface area contributed by atoms with Crippen LogP contribution < -0.4 is 5.32 Å². The molecule has 2 nitrogen and oxygen atoms in total. The summed E-state index contributed by atoms with van der Waals surface area (Å²) in [5.74, 6) is -1.36. The molecule has 0 saturated heterocycles. The van der Waals surface area contributed by atoms with Gasteiger partial charge in [0.1, 0.15) is 11.6 Å². The summed E-state index contributed by atoms with van der Waals surface area (Å²) in [6, 6.07) is 9.02. The van der Waals surface area contributed by atoms with E-state index in [0.29, 0.717) is 0 Å². The third-order valence-corrected chi connectivity index (χ3v) is 3.22. The Hall–Kier alpha value is -1.94. The van der Waals surface area contributed by atoms with Gasteiger partial charge in [-0.25, -0.2) is 8.78 Å². The summed E-state index contributed by atoms with van der Waals surface area (Å²) in [7, 11) is 0. The number of benzene rings is 2. The maximum Gasteiger partial charge on any atom is 0.253 e. The summed E-state index contributed by atoms with van der Waals surface area (Å²) in [5.41, 5.74) is 0.813. The molecule has 2 rings (SSSR count). The molecule has 2 aromatic rings. The van der Waals surface area contributed by atoms with Crippen LogP contribution in [0.15, 0.2) is 42.5 Å². The Morgan fingerprint density at radius 1 is 1.10 bits per heavy atom. The first-order chi connectivity index (χ1) is 9.47. The van der Waals surface area contributed by atoms with Gasteiger partial charge in [-0.3, -0.25) is 4.79 Å². The van der Waals surface area contributed by atoms with Crippen molar-refractivity contribution >= 4 is 17.5 Å². The van der Waals surface area contributed by atoms with Gasteiger partial charge < -0.3 is 5.32 Å². The van der Waals surface area contributed by atoms with Crippen molar-refractivity contribution in [1.82, 2.24) is 5.32 Å². The van der Waals surface area contributed by atoms with E-state index in [1.165, 1.54) is 24.3 Å². The quantitative estimate of drug-likeness (QED) is 0.907. The van der Waals surface area contributed by atoms with Crippen molar-refractivity contribution in [3.8, 4) is 0 Å². The second-order valence-electron chi connectivity index (χ2n) is 4.37. The SMILES string of the molecule is C[C@@H](NC(=O)c1cc(F)ccc1Cl)c1ccc(F)cc1. The van der Waals surface area contributed by atoms with Gasteiger partial charge in [0.15, 0.2) is 0 Å². The molecular formula is C15H12ClF2NO. The Labute approximate surface area is 120 Å².